The van der Waals surface area contributed by atoms with Crippen molar-refractivity contribution in [3.05, 3.63) is 29.8 Å². The maximum Gasteiger partial charge on any atom is 0.411 e. The predicted molar refractivity (Wildman–Crippen MR) is 294 cm³/mol. The Morgan fingerprint density at radius 2 is 0.944 bits per heavy atom. The number of benzene rings is 1. The highest BCUT2D eigenvalue weighted by atomic mass is 16.7. The second-order valence-corrected chi connectivity index (χ2v) is 21.8. The van der Waals surface area contributed by atoms with Crippen molar-refractivity contribution in [2.24, 2.45) is 0 Å². The first-order valence-electron chi connectivity index (χ1n) is 30.0. The van der Waals surface area contributed by atoms with Crippen molar-refractivity contribution in [2.45, 2.75) is 320 Å². The zero-order valence-corrected chi connectivity index (χ0v) is 46.2. The number of amides is 1. The van der Waals surface area contributed by atoms with E-state index in [0.717, 1.165) is 44.1 Å². The summed E-state index contributed by atoms with van der Waals surface area (Å²) in [4.78, 5) is 12.6. The van der Waals surface area contributed by atoms with Gasteiger partial charge in [0, 0.05) is 5.69 Å². The molecule has 11 nitrogen and oxygen atoms in total. The summed E-state index contributed by atoms with van der Waals surface area (Å²) in [5.74, 6) is 0.346. The molecule has 1 saturated heterocycles. The molecule has 1 aromatic carbocycles. The van der Waals surface area contributed by atoms with E-state index in [1.165, 1.54) is 193 Å². The number of anilines is 1. The molecule has 1 amide bonds. The highest BCUT2D eigenvalue weighted by Crippen LogP contribution is 2.25. The Morgan fingerprint density at radius 3 is 1.35 bits per heavy atom. The molecule has 1 aliphatic rings. The fourth-order valence-electron chi connectivity index (χ4n) is 9.94. The van der Waals surface area contributed by atoms with Crippen LogP contribution >= 0.6 is 0 Å². The number of carbonyl (C=O) groups excluding carboxylic acids is 1. The molecule has 11 heteroatoms. The zero-order chi connectivity index (χ0) is 51.6. The summed E-state index contributed by atoms with van der Waals surface area (Å²) >= 11 is 0. The Kier molecular flexibility index (Phi) is 40.9. The Balaban J connectivity index is 1.71. The quantitative estimate of drug-likeness (QED) is 0.0312. The van der Waals surface area contributed by atoms with Gasteiger partial charge in [-0.3, -0.25) is 5.32 Å². The lowest BCUT2D eigenvalue weighted by molar-refractivity contribution is -0.302. The molecule has 1 heterocycles. The highest BCUT2D eigenvalue weighted by Gasteiger charge is 2.45. The van der Waals surface area contributed by atoms with Gasteiger partial charge < -0.3 is 45.1 Å². The first kappa shape index (κ1) is 65.3. The Hall–Kier alpha value is -1.83. The molecule has 1 aliphatic heterocycles. The van der Waals surface area contributed by atoms with Gasteiger partial charge in [-0.15, -0.1) is 0 Å². The molecule has 1 aromatic rings. The van der Waals surface area contributed by atoms with Gasteiger partial charge >= 0.3 is 6.09 Å². The largest absolute Gasteiger partial charge is 0.446 e. The number of unbranched alkanes of at least 4 members (excludes halogenated alkanes) is 34. The lowest BCUT2D eigenvalue weighted by atomic mass is 9.98. The SMILES string of the molecule is CCCCCCCCCCCCCCCCCCCCCCCCCCN[C@@H](CO[C@H]1O[C@H](COC(=O)Nc2ccc(C(C)C)cc2)[C@H](O)[C@H](O)[C@H]1O)[C@H](O)[C@H](O)CCCCCCCCCCCCCC. The van der Waals surface area contributed by atoms with Crippen LogP contribution in [0.5, 0.6) is 0 Å². The Bertz CT molecular complexity index is 1340. The van der Waals surface area contributed by atoms with Crippen LogP contribution in [0.3, 0.4) is 0 Å². The third-order valence-electron chi connectivity index (χ3n) is 14.9. The van der Waals surface area contributed by atoms with Gasteiger partial charge in [-0.2, -0.15) is 0 Å². The summed E-state index contributed by atoms with van der Waals surface area (Å²) in [6.07, 6.45) is 37.1. The molecular weight excluding hydrogens is 893 g/mol. The zero-order valence-electron chi connectivity index (χ0n) is 46.2. The molecule has 0 spiro atoms. The summed E-state index contributed by atoms with van der Waals surface area (Å²) in [5.41, 5.74) is 1.68. The third-order valence-corrected chi connectivity index (χ3v) is 14.9. The summed E-state index contributed by atoms with van der Waals surface area (Å²) in [7, 11) is 0. The molecule has 0 unspecified atom stereocenters. The van der Waals surface area contributed by atoms with Gasteiger partial charge in [0.25, 0.3) is 0 Å². The first-order chi connectivity index (χ1) is 34.6. The minimum absolute atomic E-state index is 0.124. The van der Waals surface area contributed by atoms with Gasteiger partial charge in [-0.1, -0.05) is 265 Å². The summed E-state index contributed by atoms with van der Waals surface area (Å²) < 4.78 is 17.2. The number of carbonyl (C=O) groups is 1. The van der Waals surface area contributed by atoms with Crippen molar-refractivity contribution in [1.82, 2.24) is 5.32 Å². The molecule has 71 heavy (non-hydrogen) atoms. The highest BCUT2D eigenvalue weighted by molar-refractivity contribution is 5.84. The van der Waals surface area contributed by atoms with Gasteiger partial charge in [0.05, 0.1) is 24.9 Å². The summed E-state index contributed by atoms with van der Waals surface area (Å²) in [6.45, 7) is 8.81. The molecule has 2 rings (SSSR count). The van der Waals surface area contributed by atoms with Gasteiger partial charge in [0.2, 0.25) is 0 Å². The van der Waals surface area contributed by atoms with Crippen LogP contribution in [0.4, 0.5) is 10.5 Å². The van der Waals surface area contributed by atoms with E-state index >= 15 is 0 Å². The molecule has 416 valence electrons. The monoisotopic (exact) mass is 1000 g/mol. The Morgan fingerprint density at radius 1 is 0.549 bits per heavy atom. The average Bonchev–Trinajstić information content (AvgIpc) is 3.36. The number of aliphatic hydroxyl groups excluding tert-OH is 5. The third kappa shape index (κ3) is 33.0. The van der Waals surface area contributed by atoms with Gasteiger partial charge in [-0.05, 0) is 43.0 Å². The molecule has 0 aromatic heterocycles. The van der Waals surface area contributed by atoms with Crippen molar-refractivity contribution in [2.75, 3.05) is 25.1 Å². The van der Waals surface area contributed by atoms with E-state index in [-0.39, 0.29) is 6.61 Å². The van der Waals surface area contributed by atoms with Crippen LogP contribution in [0, 0.1) is 0 Å². The van der Waals surface area contributed by atoms with Crippen LogP contribution in [-0.4, -0.2) is 100 Å². The number of aliphatic hydroxyl groups is 5. The number of nitrogens with one attached hydrogen (secondary N) is 2. The topological polar surface area (TPSA) is 170 Å². The van der Waals surface area contributed by atoms with Crippen LogP contribution in [0.2, 0.25) is 0 Å². The molecule has 8 atom stereocenters. The lowest BCUT2D eigenvalue weighted by Gasteiger charge is -2.40. The number of hydrogen-bond acceptors (Lipinski definition) is 10. The Labute approximate surface area is 435 Å². The fourth-order valence-corrected chi connectivity index (χ4v) is 9.94. The van der Waals surface area contributed by atoms with E-state index in [9.17, 15) is 30.3 Å². The normalized spacial score (nSPS) is 19.5. The van der Waals surface area contributed by atoms with Crippen LogP contribution in [0.25, 0.3) is 0 Å². The van der Waals surface area contributed by atoms with Crippen molar-refractivity contribution >= 4 is 11.8 Å². The van der Waals surface area contributed by atoms with Crippen LogP contribution in [0.15, 0.2) is 24.3 Å². The van der Waals surface area contributed by atoms with Crippen LogP contribution in [-0.2, 0) is 14.2 Å². The minimum Gasteiger partial charge on any atom is -0.446 e. The molecule has 0 saturated carbocycles. The van der Waals surface area contributed by atoms with E-state index < -0.39 is 61.7 Å². The molecule has 1 fully saturated rings. The van der Waals surface area contributed by atoms with E-state index in [2.05, 4.69) is 38.3 Å². The van der Waals surface area contributed by atoms with Gasteiger partial charge in [0.15, 0.2) is 6.29 Å². The van der Waals surface area contributed by atoms with Crippen molar-refractivity contribution in [3.63, 3.8) is 0 Å². The van der Waals surface area contributed by atoms with Crippen LogP contribution in [0.1, 0.15) is 277 Å². The van der Waals surface area contributed by atoms with E-state index in [4.69, 9.17) is 14.2 Å². The number of rotatable bonds is 48. The van der Waals surface area contributed by atoms with Crippen molar-refractivity contribution in [1.29, 1.82) is 0 Å². The molecule has 7 N–H and O–H groups in total. The van der Waals surface area contributed by atoms with Crippen molar-refractivity contribution < 1.29 is 44.5 Å². The molecule has 0 bridgehead atoms. The van der Waals surface area contributed by atoms with Crippen molar-refractivity contribution in [3.8, 4) is 0 Å². The lowest BCUT2D eigenvalue weighted by Crippen LogP contribution is -2.60. The maximum absolute atomic E-state index is 12.6. The molecule has 0 aliphatic carbocycles. The van der Waals surface area contributed by atoms with E-state index in [1.54, 1.807) is 12.1 Å². The summed E-state index contributed by atoms with van der Waals surface area (Å²) in [5, 5.41) is 61.0. The first-order valence-corrected chi connectivity index (χ1v) is 30.0. The standard InChI is InChI=1S/C60H112N2O9/c1-5-7-9-11-13-15-17-19-20-21-22-23-24-25-26-27-28-29-30-32-34-36-38-40-46-61-52(55(64)53(63)41-39-37-35-33-31-18-16-14-12-10-8-6-2)47-69-59-58(67)57(66)56(65)54(71-59)48-70-60(68)62-51-44-42-50(43-45-51)49(3)4/h42-45,49,52-59,61,63-67H,5-41,46-48H2,1-4H3,(H,62,68)/t52-,53+,54+,55-,56-,57-,58+,59-/m0/s1. The minimum atomic E-state index is -1.62. The number of ether oxygens (including phenoxy) is 3. The number of hydrogen-bond donors (Lipinski definition) is 7. The van der Waals surface area contributed by atoms with E-state index in [1.807, 2.05) is 12.1 Å². The predicted octanol–water partition coefficient (Wildman–Crippen LogP) is 14.3. The van der Waals surface area contributed by atoms with Gasteiger partial charge in [0.1, 0.15) is 31.0 Å². The average molecular weight is 1010 g/mol. The molecular formula is C60H112N2O9. The fraction of sp³-hybridized carbons (Fsp3) is 0.883. The second-order valence-electron chi connectivity index (χ2n) is 21.8. The van der Waals surface area contributed by atoms with Gasteiger partial charge in [-0.25, -0.2) is 4.79 Å². The summed E-state index contributed by atoms with van der Waals surface area (Å²) in [6, 6.07) is 6.75. The second kappa shape index (κ2) is 44.5. The van der Waals surface area contributed by atoms with Crippen LogP contribution < -0.4 is 10.6 Å². The van der Waals surface area contributed by atoms with E-state index in [0.29, 0.717) is 24.6 Å². The smallest absolute Gasteiger partial charge is 0.411 e. The molecule has 0 radical (unpaired) electrons. The maximum atomic E-state index is 12.6.